The van der Waals surface area contributed by atoms with Crippen molar-refractivity contribution in [2.75, 3.05) is 5.75 Å². The first kappa shape index (κ1) is 17.8. The molecule has 2 saturated carbocycles. The summed E-state index contributed by atoms with van der Waals surface area (Å²) in [6.45, 7) is 0. The van der Waals surface area contributed by atoms with E-state index in [0.29, 0.717) is 17.2 Å². The lowest BCUT2D eigenvalue weighted by molar-refractivity contribution is -0.125. The van der Waals surface area contributed by atoms with E-state index in [1.54, 1.807) is 28.8 Å². The van der Waals surface area contributed by atoms with E-state index in [1.807, 2.05) is 0 Å². The number of hydrogen-bond acceptors (Lipinski definition) is 3. The Morgan fingerprint density at radius 1 is 1.12 bits per heavy atom. The molecule has 0 radical (unpaired) electrons. The molecule has 2 atom stereocenters. The van der Waals surface area contributed by atoms with Crippen LogP contribution >= 0.6 is 11.8 Å². The fourth-order valence-corrected chi connectivity index (χ4v) is 5.70. The average molecular weight is 376 g/mol. The van der Waals surface area contributed by atoms with Crippen LogP contribution in [-0.4, -0.2) is 39.9 Å². The number of benzene rings is 1. The molecule has 3 aliphatic rings. The number of carbonyl (C=O) groups is 2. The van der Waals surface area contributed by atoms with Crippen molar-refractivity contribution in [3.8, 4) is 0 Å². The first-order chi connectivity index (χ1) is 12.6. The van der Waals surface area contributed by atoms with Crippen LogP contribution < -0.4 is 5.32 Å². The lowest BCUT2D eigenvalue weighted by atomic mass is 9.88. The van der Waals surface area contributed by atoms with Gasteiger partial charge in [-0.15, -0.1) is 11.8 Å². The lowest BCUT2D eigenvalue weighted by Gasteiger charge is -2.35. The van der Waals surface area contributed by atoms with E-state index in [2.05, 4.69) is 5.32 Å². The largest absolute Gasteiger partial charge is 0.352 e. The van der Waals surface area contributed by atoms with Gasteiger partial charge in [-0.2, -0.15) is 0 Å². The zero-order valence-corrected chi connectivity index (χ0v) is 15.6. The standard InChI is InChI=1S/C20H25FN2O2S/c21-15-8-4-7-14(11-15)19(25)23-17(18(24)22-16-9-10-16)12-26-20(23)13-5-2-1-3-6-13/h4,7-8,11,13,16-17,20H,1-3,5-6,9-10,12H2,(H,22,24)/t17-,20-/m1/s1. The highest BCUT2D eigenvalue weighted by Crippen LogP contribution is 2.41. The Labute approximate surface area is 157 Å². The number of rotatable bonds is 4. The van der Waals surface area contributed by atoms with Crippen molar-refractivity contribution in [1.29, 1.82) is 0 Å². The van der Waals surface area contributed by atoms with Crippen LogP contribution in [0.5, 0.6) is 0 Å². The van der Waals surface area contributed by atoms with Crippen LogP contribution in [0, 0.1) is 11.7 Å². The minimum Gasteiger partial charge on any atom is -0.352 e. The third kappa shape index (κ3) is 3.75. The van der Waals surface area contributed by atoms with E-state index in [1.165, 1.54) is 31.4 Å². The van der Waals surface area contributed by atoms with Crippen molar-refractivity contribution in [1.82, 2.24) is 10.2 Å². The van der Waals surface area contributed by atoms with E-state index < -0.39 is 11.9 Å². The minimum absolute atomic E-state index is 0.0148. The molecule has 140 valence electrons. The number of hydrogen-bond donors (Lipinski definition) is 1. The Morgan fingerprint density at radius 2 is 1.88 bits per heavy atom. The van der Waals surface area contributed by atoms with Gasteiger partial charge in [0.25, 0.3) is 5.91 Å². The molecule has 6 heteroatoms. The van der Waals surface area contributed by atoms with Gasteiger partial charge in [0.05, 0.1) is 5.37 Å². The highest BCUT2D eigenvalue weighted by molar-refractivity contribution is 8.00. The summed E-state index contributed by atoms with van der Waals surface area (Å²) in [6.07, 6.45) is 7.86. The summed E-state index contributed by atoms with van der Waals surface area (Å²) in [5.74, 6) is 0.353. The summed E-state index contributed by atoms with van der Waals surface area (Å²) in [7, 11) is 0. The highest BCUT2D eigenvalue weighted by atomic mass is 32.2. The summed E-state index contributed by atoms with van der Waals surface area (Å²) in [5.41, 5.74) is 0.331. The monoisotopic (exact) mass is 376 g/mol. The first-order valence-corrected chi connectivity index (χ1v) is 10.7. The Kier molecular flexibility index (Phi) is 5.20. The molecule has 1 saturated heterocycles. The van der Waals surface area contributed by atoms with Crippen molar-refractivity contribution in [2.45, 2.75) is 62.4 Å². The van der Waals surface area contributed by atoms with Crippen LogP contribution in [-0.2, 0) is 4.79 Å². The molecule has 4 nitrogen and oxygen atoms in total. The summed E-state index contributed by atoms with van der Waals surface area (Å²) < 4.78 is 13.6. The van der Waals surface area contributed by atoms with Crippen LogP contribution in [0.25, 0.3) is 0 Å². The third-order valence-corrected chi connectivity index (χ3v) is 7.08. The van der Waals surface area contributed by atoms with E-state index >= 15 is 0 Å². The molecule has 2 aliphatic carbocycles. The molecule has 0 bridgehead atoms. The smallest absolute Gasteiger partial charge is 0.255 e. The second kappa shape index (κ2) is 7.59. The maximum absolute atomic E-state index is 13.6. The Hall–Kier alpha value is -1.56. The van der Waals surface area contributed by atoms with Gasteiger partial charge in [0.1, 0.15) is 11.9 Å². The Bertz CT molecular complexity index is 688. The Morgan fingerprint density at radius 3 is 2.58 bits per heavy atom. The minimum atomic E-state index is -0.455. The normalized spacial score (nSPS) is 26.7. The van der Waals surface area contributed by atoms with Gasteiger partial charge < -0.3 is 10.2 Å². The molecular formula is C20H25FN2O2S. The van der Waals surface area contributed by atoms with Gasteiger partial charge in [0.2, 0.25) is 5.91 Å². The quantitative estimate of drug-likeness (QED) is 0.874. The fourth-order valence-electron chi connectivity index (χ4n) is 4.06. The molecule has 0 aromatic heterocycles. The van der Waals surface area contributed by atoms with Gasteiger partial charge in [-0.05, 0) is 49.8 Å². The van der Waals surface area contributed by atoms with Gasteiger partial charge in [0, 0.05) is 17.4 Å². The van der Waals surface area contributed by atoms with Crippen LogP contribution in [0.2, 0.25) is 0 Å². The van der Waals surface area contributed by atoms with Gasteiger partial charge in [0.15, 0.2) is 0 Å². The van der Waals surface area contributed by atoms with Crippen molar-refractivity contribution in [3.63, 3.8) is 0 Å². The number of amides is 2. The van der Waals surface area contributed by atoms with E-state index in [9.17, 15) is 14.0 Å². The van der Waals surface area contributed by atoms with Gasteiger partial charge >= 0.3 is 0 Å². The molecule has 1 heterocycles. The molecule has 1 aliphatic heterocycles. The predicted molar refractivity (Wildman–Crippen MR) is 100 cm³/mol. The molecule has 0 unspecified atom stereocenters. The summed E-state index contributed by atoms with van der Waals surface area (Å²) >= 11 is 1.72. The highest BCUT2D eigenvalue weighted by Gasteiger charge is 2.45. The van der Waals surface area contributed by atoms with Gasteiger partial charge in [-0.3, -0.25) is 9.59 Å². The maximum Gasteiger partial charge on any atom is 0.255 e. The molecule has 4 rings (SSSR count). The SMILES string of the molecule is O=C(NC1CC1)[C@H]1CS[C@H](C2CCCCC2)N1C(=O)c1cccc(F)c1. The summed E-state index contributed by atoms with van der Waals surface area (Å²) in [4.78, 5) is 27.7. The molecule has 1 N–H and O–H groups in total. The second-order valence-electron chi connectivity index (χ2n) is 7.64. The van der Waals surface area contributed by atoms with Crippen molar-refractivity contribution in [2.24, 2.45) is 5.92 Å². The van der Waals surface area contributed by atoms with Crippen LogP contribution in [0.15, 0.2) is 24.3 Å². The van der Waals surface area contributed by atoms with Crippen molar-refractivity contribution < 1.29 is 14.0 Å². The molecule has 26 heavy (non-hydrogen) atoms. The number of halogens is 1. The number of nitrogens with zero attached hydrogens (tertiary/aromatic N) is 1. The zero-order chi connectivity index (χ0) is 18.1. The zero-order valence-electron chi connectivity index (χ0n) is 14.8. The predicted octanol–water partition coefficient (Wildman–Crippen LogP) is 3.57. The number of thioether (sulfide) groups is 1. The van der Waals surface area contributed by atoms with Crippen LogP contribution in [0.1, 0.15) is 55.3 Å². The van der Waals surface area contributed by atoms with E-state index in [-0.39, 0.29) is 23.2 Å². The summed E-state index contributed by atoms with van der Waals surface area (Å²) in [6, 6.07) is 5.63. The molecule has 1 aromatic carbocycles. The molecule has 3 fully saturated rings. The third-order valence-electron chi connectivity index (χ3n) is 5.62. The molecule has 2 amide bonds. The van der Waals surface area contributed by atoms with Crippen molar-refractivity contribution in [3.05, 3.63) is 35.6 Å². The van der Waals surface area contributed by atoms with Crippen molar-refractivity contribution >= 4 is 23.6 Å². The number of nitrogens with one attached hydrogen (secondary N) is 1. The van der Waals surface area contributed by atoms with E-state index in [4.69, 9.17) is 0 Å². The lowest BCUT2D eigenvalue weighted by Crippen LogP contribution is -2.51. The Balaban J connectivity index is 1.59. The fraction of sp³-hybridized carbons (Fsp3) is 0.600. The average Bonchev–Trinajstić information content (AvgIpc) is 3.35. The summed E-state index contributed by atoms with van der Waals surface area (Å²) in [5, 5.41) is 3.06. The van der Waals surface area contributed by atoms with Gasteiger partial charge in [-0.1, -0.05) is 25.3 Å². The molecule has 1 aromatic rings. The number of carbonyl (C=O) groups excluding carboxylic acids is 2. The first-order valence-electron chi connectivity index (χ1n) is 9.63. The van der Waals surface area contributed by atoms with E-state index in [0.717, 1.165) is 25.7 Å². The maximum atomic E-state index is 13.6. The van der Waals surface area contributed by atoms with Crippen LogP contribution in [0.4, 0.5) is 4.39 Å². The molecular weight excluding hydrogens is 351 g/mol. The second-order valence-corrected chi connectivity index (χ2v) is 8.79. The topological polar surface area (TPSA) is 49.4 Å². The molecule has 0 spiro atoms. The van der Waals surface area contributed by atoms with Crippen LogP contribution in [0.3, 0.4) is 0 Å². The van der Waals surface area contributed by atoms with Gasteiger partial charge in [-0.25, -0.2) is 4.39 Å².